The van der Waals surface area contributed by atoms with E-state index in [-0.39, 0.29) is 5.91 Å². The quantitative estimate of drug-likeness (QED) is 0.753. The fourth-order valence-electron chi connectivity index (χ4n) is 2.61. The molecule has 0 spiro atoms. The van der Waals surface area contributed by atoms with Crippen molar-refractivity contribution >= 4 is 22.9 Å². The van der Waals surface area contributed by atoms with Crippen LogP contribution in [-0.2, 0) is 6.54 Å². The van der Waals surface area contributed by atoms with Crippen LogP contribution in [-0.4, -0.2) is 27.0 Å². The summed E-state index contributed by atoms with van der Waals surface area (Å²) >= 11 is 0. The molecular formula is C18H20N4O2. The Labute approximate surface area is 140 Å². The van der Waals surface area contributed by atoms with Gasteiger partial charge >= 0.3 is 0 Å². The standard InChI is InChI=1S/C18H20N4O2/c1-3-12-22-15-10-6-5-9-14(15)20-18(22)21-16(23)13-8-7-11-19-17(13)24-4-2/h5-11H,3-4,12H2,1-2H3,(H,20,21,23). The van der Waals surface area contributed by atoms with Crippen molar-refractivity contribution in [1.29, 1.82) is 0 Å². The summed E-state index contributed by atoms with van der Waals surface area (Å²) in [4.78, 5) is 21.3. The average Bonchev–Trinajstić information content (AvgIpc) is 2.93. The molecule has 2 heterocycles. The molecule has 6 heteroatoms. The van der Waals surface area contributed by atoms with Gasteiger partial charge in [-0.25, -0.2) is 9.97 Å². The molecule has 0 bridgehead atoms. The summed E-state index contributed by atoms with van der Waals surface area (Å²) in [6.07, 6.45) is 2.55. The van der Waals surface area contributed by atoms with Crippen LogP contribution in [0.3, 0.4) is 0 Å². The van der Waals surface area contributed by atoms with Crippen LogP contribution in [0.5, 0.6) is 5.88 Å². The highest BCUT2D eigenvalue weighted by molar-refractivity contribution is 6.05. The zero-order valence-electron chi connectivity index (χ0n) is 13.8. The van der Waals surface area contributed by atoms with Crippen molar-refractivity contribution in [2.75, 3.05) is 11.9 Å². The summed E-state index contributed by atoms with van der Waals surface area (Å²) in [6, 6.07) is 11.3. The highest BCUT2D eigenvalue weighted by Crippen LogP contribution is 2.22. The molecule has 0 aliphatic heterocycles. The Morgan fingerprint density at radius 2 is 2.04 bits per heavy atom. The largest absolute Gasteiger partial charge is 0.477 e. The van der Waals surface area contributed by atoms with Crippen molar-refractivity contribution in [3.05, 3.63) is 48.2 Å². The van der Waals surface area contributed by atoms with Gasteiger partial charge in [0.2, 0.25) is 11.8 Å². The maximum Gasteiger partial charge on any atom is 0.263 e. The van der Waals surface area contributed by atoms with Crippen molar-refractivity contribution in [2.24, 2.45) is 0 Å². The lowest BCUT2D eigenvalue weighted by Crippen LogP contribution is -2.17. The first-order valence-electron chi connectivity index (χ1n) is 8.09. The van der Waals surface area contributed by atoms with Gasteiger partial charge in [0.05, 0.1) is 17.6 Å². The molecule has 6 nitrogen and oxygen atoms in total. The van der Waals surface area contributed by atoms with E-state index in [4.69, 9.17) is 4.74 Å². The zero-order chi connectivity index (χ0) is 16.9. The minimum absolute atomic E-state index is 0.279. The van der Waals surface area contributed by atoms with E-state index < -0.39 is 0 Å². The first kappa shape index (κ1) is 16.0. The predicted molar refractivity (Wildman–Crippen MR) is 93.4 cm³/mol. The third-order valence-corrected chi connectivity index (χ3v) is 3.62. The van der Waals surface area contributed by atoms with E-state index in [2.05, 4.69) is 22.2 Å². The van der Waals surface area contributed by atoms with Crippen molar-refractivity contribution < 1.29 is 9.53 Å². The number of nitrogens with zero attached hydrogens (tertiary/aromatic N) is 3. The van der Waals surface area contributed by atoms with Crippen molar-refractivity contribution in [2.45, 2.75) is 26.8 Å². The van der Waals surface area contributed by atoms with Crippen LogP contribution in [0.25, 0.3) is 11.0 Å². The number of fused-ring (bicyclic) bond motifs is 1. The molecule has 24 heavy (non-hydrogen) atoms. The number of aromatic nitrogens is 3. The molecular weight excluding hydrogens is 304 g/mol. The van der Waals surface area contributed by atoms with Crippen LogP contribution in [0.15, 0.2) is 42.6 Å². The van der Waals surface area contributed by atoms with Crippen LogP contribution in [0.2, 0.25) is 0 Å². The second-order valence-electron chi connectivity index (χ2n) is 5.32. The number of anilines is 1. The Morgan fingerprint density at radius 1 is 1.21 bits per heavy atom. The number of carbonyl (C=O) groups is 1. The Balaban J connectivity index is 1.95. The molecule has 1 aromatic carbocycles. The highest BCUT2D eigenvalue weighted by atomic mass is 16.5. The van der Waals surface area contributed by atoms with Gasteiger partial charge in [-0.3, -0.25) is 10.1 Å². The average molecular weight is 324 g/mol. The first-order chi connectivity index (χ1) is 11.7. The lowest BCUT2D eigenvalue weighted by molar-refractivity contribution is 0.102. The number of aryl methyl sites for hydroxylation is 1. The monoisotopic (exact) mass is 324 g/mol. The van der Waals surface area contributed by atoms with Gasteiger partial charge in [-0.15, -0.1) is 0 Å². The number of imidazole rings is 1. The van der Waals surface area contributed by atoms with E-state index in [9.17, 15) is 4.79 Å². The number of rotatable bonds is 6. The smallest absolute Gasteiger partial charge is 0.263 e. The van der Waals surface area contributed by atoms with Gasteiger partial charge in [0.15, 0.2) is 0 Å². The van der Waals surface area contributed by atoms with Gasteiger partial charge in [-0.2, -0.15) is 0 Å². The number of benzene rings is 1. The van der Waals surface area contributed by atoms with Crippen LogP contribution >= 0.6 is 0 Å². The molecule has 0 aliphatic rings. The SMILES string of the molecule is CCCn1c(NC(=O)c2cccnc2OCC)nc2ccccc21. The summed E-state index contributed by atoms with van der Waals surface area (Å²) in [7, 11) is 0. The van der Waals surface area contributed by atoms with Crippen molar-refractivity contribution in [1.82, 2.24) is 14.5 Å². The Bertz CT molecular complexity index is 857. The fraction of sp³-hybridized carbons (Fsp3) is 0.278. The summed E-state index contributed by atoms with van der Waals surface area (Å²) in [6.45, 7) is 5.18. The number of pyridine rings is 1. The van der Waals surface area contributed by atoms with Gasteiger partial charge < -0.3 is 9.30 Å². The third-order valence-electron chi connectivity index (χ3n) is 3.62. The van der Waals surface area contributed by atoms with E-state index in [0.717, 1.165) is 24.0 Å². The minimum Gasteiger partial charge on any atom is -0.477 e. The first-order valence-corrected chi connectivity index (χ1v) is 8.09. The number of para-hydroxylation sites is 2. The molecule has 0 atom stereocenters. The van der Waals surface area contributed by atoms with E-state index >= 15 is 0 Å². The molecule has 0 aliphatic carbocycles. The Kier molecular flexibility index (Phi) is 4.74. The third kappa shape index (κ3) is 3.08. The second-order valence-corrected chi connectivity index (χ2v) is 5.32. The number of hydrogen-bond acceptors (Lipinski definition) is 4. The molecule has 0 fully saturated rings. The molecule has 0 radical (unpaired) electrons. The van der Waals surface area contributed by atoms with Crippen LogP contribution in [0.4, 0.5) is 5.95 Å². The van der Waals surface area contributed by atoms with E-state index in [1.165, 1.54) is 0 Å². The topological polar surface area (TPSA) is 69.0 Å². The zero-order valence-corrected chi connectivity index (χ0v) is 13.8. The molecule has 3 aromatic rings. The van der Waals surface area contributed by atoms with Gasteiger partial charge in [-0.1, -0.05) is 19.1 Å². The maximum atomic E-state index is 12.7. The van der Waals surface area contributed by atoms with Crippen LogP contribution in [0, 0.1) is 0 Å². The molecule has 124 valence electrons. The number of hydrogen-bond donors (Lipinski definition) is 1. The van der Waals surface area contributed by atoms with E-state index in [1.807, 2.05) is 35.8 Å². The summed E-state index contributed by atoms with van der Waals surface area (Å²) in [5.74, 6) is 0.587. The molecule has 1 amide bonds. The van der Waals surface area contributed by atoms with Gasteiger partial charge in [0.25, 0.3) is 5.91 Å². The van der Waals surface area contributed by atoms with Gasteiger partial charge in [0, 0.05) is 12.7 Å². The van der Waals surface area contributed by atoms with Crippen molar-refractivity contribution in [3.63, 3.8) is 0 Å². The molecule has 2 aromatic heterocycles. The maximum absolute atomic E-state index is 12.7. The van der Waals surface area contributed by atoms with Gasteiger partial charge in [0.1, 0.15) is 5.56 Å². The number of ether oxygens (including phenoxy) is 1. The molecule has 3 rings (SSSR count). The summed E-state index contributed by atoms with van der Waals surface area (Å²) < 4.78 is 7.45. The molecule has 1 N–H and O–H groups in total. The Hall–Kier alpha value is -2.89. The Morgan fingerprint density at radius 3 is 2.83 bits per heavy atom. The predicted octanol–water partition coefficient (Wildman–Crippen LogP) is 3.49. The molecule has 0 saturated heterocycles. The number of amides is 1. The number of carbonyl (C=O) groups excluding carboxylic acids is 1. The highest BCUT2D eigenvalue weighted by Gasteiger charge is 2.17. The normalized spacial score (nSPS) is 10.8. The fourth-order valence-corrected chi connectivity index (χ4v) is 2.61. The van der Waals surface area contributed by atoms with E-state index in [0.29, 0.717) is 24.0 Å². The molecule has 0 unspecified atom stereocenters. The summed E-state index contributed by atoms with van der Waals surface area (Å²) in [5.41, 5.74) is 2.26. The second kappa shape index (κ2) is 7.12. The molecule has 0 saturated carbocycles. The summed E-state index contributed by atoms with van der Waals surface area (Å²) in [5, 5.41) is 2.89. The van der Waals surface area contributed by atoms with Gasteiger partial charge in [-0.05, 0) is 37.6 Å². The van der Waals surface area contributed by atoms with Crippen molar-refractivity contribution in [3.8, 4) is 5.88 Å². The number of nitrogens with one attached hydrogen (secondary N) is 1. The minimum atomic E-state index is -0.279. The lowest BCUT2D eigenvalue weighted by atomic mass is 10.2. The van der Waals surface area contributed by atoms with Crippen LogP contribution < -0.4 is 10.1 Å². The van der Waals surface area contributed by atoms with E-state index in [1.54, 1.807) is 18.3 Å². The lowest BCUT2D eigenvalue weighted by Gasteiger charge is -2.11. The van der Waals surface area contributed by atoms with Crippen LogP contribution in [0.1, 0.15) is 30.6 Å².